The molecular weight excluding hydrogens is 1010 g/mol. The van der Waals surface area contributed by atoms with Gasteiger partial charge in [0.1, 0.15) is 18.3 Å². The zero-order chi connectivity index (χ0) is 53.7. The van der Waals surface area contributed by atoms with Gasteiger partial charge in [-0.2, -0.15) is 0 Å². The molecule has 3 spiro atoms. The maximum Gasteiger partial charge on any atom is 0.308 e. The van der Waals surface area contributed by atoms with Crippen molar-refractivity contribution >= 4 is 5.97 Å². The molecule has 78 heavy (non-hydrogen) atoms. The summed E-state index contributed by atoms with van der Waals surface area (Å²) >= 11 is 0. The molecule has 14 aliphatic rings. The largest absolute Gasteiger partial charge is 0.459 e. The zero-order valence-electron chi connectivity index (χ0n) is 46.9. The molecule has 10 bridgehead atoms. The van der Waals surface area contributed by atoms with E-state index in [2.05, 4.69) is 47.8 Å². The predicted octanol–water partition coefficient (Wildman–Crippen LogP) is 6.02. The second kappa shape index (κ2) is 20.5. The predicted molar refractivity (Wildman–Crippen MR) is 276 cm³/mol. The summed E-state index contributed by atoms with van der Waals surface area (Å²) in [6, 6.07) is 0. The van der Waals surface area contributed by atoms with Gasteiger partial charge in [0, 0.05) is 83.3 Å². The normalized spacial score (nSPS) is 57.7. The molecule has 0 aromatic rings. The zero-order valence-corrected chi connectivity index (χ0v) is 46.9. The van der Waals surface area contributed by atoms with E-state index in [9.17, 15) is 9.90 Å². The number of hydrogen-bond donors (Lipinski definition) is 2. The molecule has 0 aliphatic carbocycles. The molecule has 0 radical (unpaired) electrons. The Labute approximate surface area is 460 Å². The van der Waals surface area contributed by atoms with Gasteiger partial charge in [-0.05, 0) is 73.8 Å². The van der Waals surface area contributed by atoms with Gasteiger partial charge in [0.25, 0.3) is 0 Å². The topological polar surface area (TPSA) is 202 Å². The second-order valence-electron chi connectivity index (χ2n) is 27.2. The Balaban J connectivity index is 0.700. The number of esters is 1. The van der Waals surface area contributed by atoms with E-state index < -0.39 is 41.8 Å². The van der Waals surface area contributed by atoms with Crippen molar-refractivity contribution in [3.05, 3.63) is 24.3 Å². The van der Waals surface area contributed by atoms with Gasteiger partial charge in [0.05, 0.1) is 129 Å². The number of hydrogen-bond acceptors (Lipinski definition) is 18. The fourth-order valence-corrected chi connectivity index (χ4v) is 17.9. The summed E-state index contributed by atoms with van der Waals surface area (Å²) in [5.74, 6) is -2.67. The third-order valence-corrected chi connectivity index (χ3v) is 21.8. The Morgan fingerprint density at radius 1 is 0.538 bits per heavy atom. The van der Waals surface area contributed by atoms with E-state index in [4.69, 9.17) is 76.8 Å². The Hall–Kier alpha value is -1.69. The summed E-state index contributed by atoms with van der Waals surface area (Å²) < 4.78 is 103. The highest BCUT2D eigenvalue weighted by atomic mass is 16.8. The van der Waals surface area contributed by atoms with Crippen LogP contribution in [-0.2, 0) is 75.8 Å². The maximum atomic E-state index is 14.6. The highest BCUT2D eigenvalue weighted by Gasteiger charge is 2.66. The van der Waals surface area contributed by atoms with Crippen LogP contribution in [0.2, 0.25) is 0 Å². The van der Waals surface area contributed by atoms with E-state index in [-0.39, 0.29) is 164 Å². The van der Waals surface area contributed by atoms with Crippen LogP contribution >= 0.6 is 0 Å². The number of carbonyl (C=O) groups excluding carboxylic acids is 1. The molecule has 31 atom stereocenters. The fourth-order valence-electron chi connectivity index (χ4n) is 17.9. The van der Waals surface area contributed by atoms with Gasteiger partial charge in [-0.15, -0.1) is 0 Å². The average Bonchev–Trinajstić information content (AvgIpc) is 4.10. The van der Waals surface area contributed by atoms with Gasteiger partial charge in [0.15, 0.2) is 17.4 Å². The van der Waals surface area contributed by atoms with E-state index in [0.717, 1.165) is 49.7 Å². The average molecular weight is 1100 g/mol. The summed E-state index contributed by atoms with van der Waals surface area (Å²) in [7, 11) is 1.75. The molecule has 0 amide bonds. The van der Waals surface area contributed by atoms with Crippen LogP contribution in [0.25, 0.3) is 0 Å². The molecule has 18 nitrogen and oxygen atoms in total. The third kappa shape index (κ3) is 9.47. The number of aliphatic hydroxyl groups is 1. The first-order valence-electron chi connectivity index (χ1n) is 30.6. The van der Waals surface area contributed by atoms with E-state index in [1.165, 1.54) is 0 Å². The molecule has 14 saturated heterocycles. The SMILES string of the molecule is C=C1C[C@@H]2CC[C@]34C[C@@H](OC)C(O3)[C@@H]3O[C@H]5CC[C@H](CC(=O)O[C@@H]6[C@@H](C)[C@@H]7O[C@@H]8C[C@]9(C[C@@H]%10O[C@]%11(C[C@H](C)[C@@H]%12O[C@H](CN)[C@H](O)C[C@@H]%12O%11)C[C@H](C)[C@@H]%10O9)O[C@@H]8C[C@@H]7O[C@H]6C[C@H]6O[C@@H](CC[C@@H]1O2)C[C@@H](C)C6=C)O[C@@H]5[C@H](O4)C3C. The highest BCUT2D eigenvalue weighted by molar-refractivity contribution is 5.70. The smallest absolute Gasteiger partial charge is 0.308 e. The van der Waals surface area contributed by atoms with Crippen molar-refractivity contribution in [2.75, 3.05) is 13.7 Å². The number of nitrogens with two attached hydrogens (primary N) is 1. The molecule has 14 heterocycles. The molecular formula is C60H89NO17. The van der Waals surface area contributed by atoms with E-state index >= 15 is 0 Å². The van der Waals surface area contributed by atoms with Crippen molar-refractivity contribution in [3.8, 4) is 0 Å². The van der Waals surface area contributed by atoms with Crippen LogP contribution in [-0.4, -0.2) is 182 Å². The molecule has 14 fully saturated rings. The number of fused-ring (bicyclic) bond motifs is 13. The summed E-state index contributed by atoms with van der Waals surface area (Å²) in [6.07, 6.45) is 4.13. The van der Waals surface area contributed by atoms with Crippen molar-refractivity contribution in [2.24, 2.45) is 35.3 Å². The van der Waals surface area contributed by atoms with Gasteiger partial charge in [-0.3, -0.25) is 4.79 Å². The number of rotatable bonds is 2. The van der Waals surface area contributed by atoms with Crippen LogP contribution in [0.4, 0.5) is 0 Å². The molecule has 0 saturated carbocycles. The van der Waals surface area contributed by atoms with Crippen LogP contribution in [0.5, 0.6) is 0 Å². The lowest BCUT2D eigenvalue weighted by atomic mass is 9.78. The molecule has 3 N–H and O–H groups in total. The molecule has 2 unspecified atom stereocenters. The number of ether oxygens (including phenoxy) is 15. The van der Waals surface area contributed by atoms with Crippen molar-refractivity contribution in [2.45, 2.75) is 302 Å². The van der Waals surface area contributed by atoms with Crippen LogP contribution in [0.3, 0.4) is 0 Å². The molecule has 0 aromatic carbocycles. The minimum Gasteiger partial charge on any atom is -0.459 e. The number of methoxy groups -OCH3 is 1. The van der Waals surface area contributed by atoms with Crippen molar-refractivity contribution in [1.82, 2.24) is 0 Å². The minimum atomic E-state index is -0.899. The molecule has 14 aliphatic heterocycles. The number of carbonyl (C=O) groups is 1. The fraction of sp³-hybridized carbons (Fsp3) is 0.917. The Kier molecular flexibility index (Phi) is 14.3. The van der Waals surface area contributed by atoms with E-state index in [1.54, 1.807) is 7.11 Å². The number of aliphatic hydroxyl groups excluding tert-OH is 1. The minimum absolute atomic E-state index is 0.000947. The molecule has 14 rings (SSSR count). The lowest BCUT2D eigenvalue weighted by molar-refractivity contribution is -0.370. The van der Waals surface area contributed by atoms with Gasteiger partial charge >= 0.3 is 5.97 Å². The summed E-state index contributed by atoms with van der Waals surface area (Å²) in [5.41, 5.74) is 8.12. The quantitative estimate of drug-likeness (QED) is 0.240. The van der Waals surface area contributed by atoms with Crippen LogP contribution in [0.1, 0.15) is 144 Å². The van der Waals surface area contributed by atoms with E-state index in [0.29, 0.717) is 64.2 Å². The first-order chi connectivity index (χ1) is 37.5. The lowest BCUT2D eigenvalue weighted by Gasteiger charge is -2.54. The van der Waals surface area contributed by atoms with Crippen molar-refractivity contribution in [1.29, 1.82) is 0 Å². The Morgan fingerprint density at radius 3 is 2.04 bits per heavy atom. The van der Waals surface area contributed by atoms with E-state index in [1.807, 2.05) is 0 Å². The molecule has 0 aromatic heterocycles. The van der Waals surface area contributed by atoms with Crippen LogP contribution < -0.4 is 5.73 Å². The van der Waals surface area contributed by atoms with Crippen molar-refractivity contribution < 1.29 is 81.0 Å². The highest BCUT2D eigenvalue weighted by Crippen LogP contribution is 2.57. The summed E-state index contributed by atoms with van der Waals surface area (Å²) in [5, 5.41) is 10.9. The van der Waals surface area contributed by atoms with Gasteiger partial charge in [-0.25, -0.2) is 0 Å². The van der Waals surface area contributed by atoms with Gasteiger partial charge < -0.3 is 81.9 Å². The summed E-state index contributed by atoms with van der Waals surface area (Å²) in [4.78, 5) is 14.6. The lowest BCUT2D eigenvalue weighted by Crippen LogP contribution is -2.63. The molecule has 436 valence electrons. The second-order valence-corrected chi connectivity index (χ2v) is 27.2. The maximum absolute atomic E-state index is 14.6. The molecule has 18 heteroatoms. The first-order valence-corrected chi connectivity index (χ1v) is 30.6. The monoisotopic (exact) mass is 1100 g/mol. The van der Waals surface area contributed by atoms with Crippen LogP contribution in [0, 0.1) is 29.6 Å². The standard InChI is InChI=1S/C60H89NO17/c1-27-15-34-9-11-38-28(2)16-36(65-38)13-14-58-24-46(64-8)57(78-58)54-33(7)55(77-58)56-39(69-54)12-10-35(67-56)17-49(63)72-53-32(6)52-43(68-42(53)19-40(66-34)31(27)5)20-41-45(70-52)23-60(73-41)25-47-51(76-60)30(4)22-59(75-47)21-29(3)50-44(74-59)18-37(62)48(26-61)71-50/h27,29-30,32-48,50-57,62H,2,5,9-26,61H2,1,3-4,6-8H3/t27-,29+,30+,32+,33?,34+,35-,36+,37-,38+,39+,40-,41-,42+,43+,44+,45-,46-,47+,48-,50+,51+,52+,53-,54-,55-,56+,57?,58-,59-,60+/m1/s1. The first kappa shape index (κ1) is 54.3. The van der Waals surface area contributed by atoms with Crippen molar-refractivity contribution in [3.63, 3.8) is 0 Å². The van der Waals surface area contributed by atoms with Gasteiger partial charge in [-0.1, -0.05) is 47.8 Å². The Morgan fingerprint density at radius 2 is 1.22 bits per heavy atom. The third-order valence-electron chi connectivity index (χ3n) is 21.8. The Bertz CT molecular complexity index is 2280. The van der Waals surface area contributed by atoms with Crippen LogP contribution in [0.15, 0.2) is 24.3 Å². The summed E-state index contributed by atoms with van der Waals surface area (Å²) in [6.45, 7) is 20.4. The van der Waals surface area contributed by atoms with Gasteiger partial charge in [0.2, 0.25) is 0 Å².